The van der Waals surface area contributed by atoms with Crippen molar-refractivity contribution in [1.29, 1.82) is 0 Å². The van der Waals surface area contributed by atoms with Crippen LogP contribution in [0.1, 0.15) is 213 Å². The van der Waals surface area contributed by atoms with Gasteiger partial charge in [-0.3, -0.25) is 14.4 Å². The molecule has 6 heteroatoms. The van der Waals surface area contributed by atoms with Crippen LogP contribution in [0.2, 0.25) is 0 Å². The van der Waals surface area contributed by atoms with Crippen LogP contribution in [0.4, 0.5) is 0 Å². The van der Waals surface area contributed by atoms with Gasteiger partial charge in [0, 0.05) is 19.3 Å². The Bertz CT molecular complexity index is 1400. The van der Waals surface area contributed by atoms with E-state index in [0.717, 1.165) is 141 Å². The SMILES string of the molecule is CC/C=C/C=C/C=C/CCCCCCCC(=O)OCC(COC(=O)CCCCCCC/C=C/C=C/C=C/C=C/CCCCC)OC(=O)CCCCCCCC/C=C/C/C=C/C/C=C/CC. The largest absolute Gasteiger partial charge is 0.462 e. The highest BCUT2D eigenvalue weighted by Crippen LogP contribution is 2.13. The van der Waals surface area contributed by atoms with Gasteiger partial charge in [0.1, 0.15) is 13.2 Å². The van der Waals surface area contributed by atoms with Gasteiger partial charge in [0.25, 0.3) is 0 Å². The molecule has 366 valence electrons. The first-order chi connectivity index (χ1) is 32.0. The molecule has 0 rings (SSSR count). The molecule has 1 unspecified atom stereocenters. The molecule has 0 aromatic carbocycles. The molecule has 0 heterocycles. The summed E-state index contributed by atoms with van der Waals surface area (Å²) in [5, 5.41) is 0. The summed E-state index contributed by atoms with van der Waals surface area (Å²) in [4.78, 5) is 38.0. The Hall–Kier alpha value is -4.19. The highest BCUT2D eigenvalue weighted by molar-refractivity contribution is 5.71. The fourth-order valence-electron chi connectivity index (χ4n) is 6.70. The molecule has 0 aliphatic heterocycles. The maximum atomic E-state index is 12.8. The lowest BCUT2D eigenvalue weighted by molar-refractivity contribution is -0.167. The Morgan fingerprint density at radius 3 is 1.12 bits per heavy atom. The molecule has 1 atom stereocenters. The van der Waals surface area contributed by atoms with E-state index in [1.54, 1.807) is 0 Å². The maximum Gasteiger partial charge on any atom is 0.306 e. The van der Waals surface area contributed by atoms with Crippen LogP contribution in [-0.4, -0.2) is 37.2 Å². The number of ether oxygens (including phenoxy) is 3. The Morgan fingerprint density at radius 1 is 0.338 bits per heavy atom. The highest BCUT2D eigenvalue weighted by Gasteiger charge is 2.19. The number of unbranched alkanes of at least 4 members (excludes halogenated alkanes) is 19. The topological polar surface area (TPSA) is 78.9 Å². The van der Waals surface area contributed by atoms with Crippen LogP contribution >= 0.6 is 0 Å². The Kier molecular flexibility index (Phi) is 49.1. The molecule has 0 fully saturated rings. The lowest BCUT2D eigenvalue weighted by atomic mass is 10.1. The van der Waals surface area contributed by atoms with Crippen LogP contribution in [0.3, 0.4) is 0 Å². The molecule has 6 nitrogen and oxygen atoms in total. The van der Waals surface area contributed by atoms with Gasteiger partial charge in [0.05, 0.1) is 0 Å². The third-order valence-corrected chi connectivity index (χ3v) is 10.6. The lowest BCUT2D eigenvalue weighted by Crippen LogP contribution is -2.30. The van der Waals surface area contributed by atoms with Gasteiger partial charge in [-0.15, -0.1) is 0 Å². The van der Waals surface area contributed by atoms with Crippen molar-refractivity contribution in [2.45, 2.75) is 219 Å². The van der Waals surface area contributed by atoms with Crippen LogP contribution in [0, 0.1) is 0 Å². The third-order valence-electron chi connectivity index (χ3n) is 10.6. The number of carbonyl (C=O) groups excluding carboxylic acids is 3. The summed E-state index contributed by atoms with van der Waals surface area (Å²) in [7, 11) is 0. The molecule has 0 aromatic rings. The molecular weight excluding hydrogens is 805 g/mol. The molecule has 0 amide bonds. The van der Waals surface area contributed by atoms with Crippen LogP contribution in [0.15, 0.2) is 122 Å². The van der Waals surface area contributed by atoms with E-state index in [4.69, 9.17) is 14.2 Å². The first-order valence-corrected chi connectivity index (χ1v) is 26.1. The van der Waals surface area contributed by atoms with Gasteiger partial charge in [0.2, 0.25) is 0 Å². The van der Waals surface area contributed by atoms with Gasteiger partial charge in [-0.25, -0.2) is 0 Å². The number of allylic oxidation sites excluding steroid dienone is 20. The molecule has 0 aromatic heterocycles. The van der Waals surface area contributed by atoms with Gasteiger partial charge in [-0.05, 0) is 96.3 Å². The number of carbonyl (C=O) groups is 3. The third kappa shape index (κ3) is 50.7. The monoisotopic (exact) mass is 899 g/mol. The van der Waals surface area contributed by atoms with E-state index >= 15 is 0 Å². The lowest BCUT2D eigenvalue weighted by Gasteiger charge is -2.18. The molecule has 0 bridgehead atoms. The fourth-order valence-corrected chi connectivity index (χ4v) is 6.70. The van der Waals surface area contributed by atoms with Gasteiger partial charge in [-0.1, -0.05) is 219 Å². The van der Waals surface area contributed by atoms with Crippen molar-refractivity contribution in [3.8, 4) is 0 Å². The second-order valence-electron chi connectivity index (χ2n) is 16.8. The molecule has 0 saturated heterocycles. The van der Waals surface area contributed by atoms with E-state index in [1.807, 2.05) is 0 Å². The average molecular weight is 899 g/mol. The zero-order valence-electron chi connectivity index (χ0n) is 41.7. The summed E-state index contributed by atoms with van der Waals surface area (Å²) in [6, 6.07) is 0. The van der Waals surface area contributed by atoms with Crippen molar-refractivity contribution in [2.24, 2.45) is 0 Å². The van der Waals surface area contributed by atoms with E-state index in [2.05, 4.69) is 142 Å². The molecule has 0 radical (unpaired) electrons. The molecule has 0 aliphatic rings. The highest BCUT2D eigenvalue weighted by atomic mass is 16.6. The summed E-state index contributed by atoms with van der Waals surface area (Å²) in [6.45, 7) is 6.29. The zero-order chi connectivity index (χ0) is 47.2. The van der Waals surface area contributed by atoms with Gasteiger partial charge in [-0.2, -0.15) is 0 Å². The number of esters is 3. The molecule has 0 N–H and O–H groups in total. The standard InChI is InChI=1S/C59H94O6/c1-4-7-10-13-16-19-22-25-27-29-30-32-34-37-40-43-46-49-52-58(61)64-55-56(54-63-57(60)51-48-45-42-39-36-33-24-21-18-15-12-9-6-3)65-59(62)53-50-47-44-41-38-35-31-28-26-23-20-17-14-11-8-5-2/h8-9,11-12,15-22,24-30,32,56H,4-7,10,13-14,23,31,33-55H2,1-3H3/b11-8+,12-9+,18-15+,19-16+,20-17+,24-21+,25-22+,28-26+,29-27+,32-30+. The maximum absolute atomic E-state index is 12.8. The minimum atomic E-state index is -0.807. The van der Waals surface area contributed by atoms with Gasteiger partial charge >= 0.3 is 17.9 Å². The smallest absolute Gasteiger partial charge is 0.306 e. The average Bonchev–Trinajstić information content (AvgIpc) is 3.30. The predicted octanol–water partition coefficient (Wildman–Crippen LogP) is 17.3. The quantitative estimate of drug-likeness (QED) is 0.0199. The van der Waals surface area contributed by atoms with Crippen molar-refractivity contribution in [3.63, 3.8) is 0 Å². The number of hydrogen-bond acceptors (Lipinski definition) is 6. The normalized spacial score (nSPS) is 13.1. The Balaban J connectivity index is 4.50. The van der Waals surface area contributed by atoms with E-state index in [0.29, 0.717) is 19.3 Å². The van der Waals surface area contributed by atoms with E-state index in [9.17, 15) is 14.4 Å². The van der Waals surface area contributed by atoms with Crippen molar-refractivity contribution < 1.29 is 28.6 Å². The van der Waals surface area contributed by atoms with E-state index < -0.39 is 6.10 Å². The summed E-state index contributed by atoms with van der Waals surface area (Å²) in [6.07, 6.45) is 71.7. The number of rotatable bonds is 45. The van der Waals surface area contributed by atoms with Crippen LogP contribution in [-0.2, 0) is 28.6 Å². The Labute approximate surface area is 399 Å². The van der Waals surface area contributed by atoms with Crippen LogP contribution in [0.5, 0.6) is 0 Å². The van der Waals surface area contributed by atoms with Gasteiger partial charge < -0.3 is 14.2 Å². The molecule has 65 heavy (non-hydrogen) atoms. The van der Waals surface area contributed by atoms with Crippen LogP contribution in [0.25, 0.3) is 0 Å². The van der Waals surface area contributed by atoms with Crippen molar-refractivity contribution in [3.05, 3.63) is 122 Å². The summed E-state index contributed by atoms with van der Waals surface area (Å²) in [5.41, 5.74) is 0. The zero-order valence-corrected chi connectivity index (χ0v) is 41.7. The summed E-state index contributed by atoms with van der Waals surface area (Å²) < 4.78 is 16.8. The van der Waals surface area contributed by atoms with Gasteiger partial charge in [0.15, 0.2) is 6.10 Å². The second kappa shape index (κ2) is 52.4. The van der Waals surface area contributed by atoms with Crippen LogP contribution < -0.4 is 0 Å². The van der Waals surface area contributed by atoms with E-state index in [1.165, 1.54) is 32.1 Å². The van der Waals surface area contributed by atoms with Crippen molar-refractivity contribution in [1.82, 2.24) is 0 Å². The molecule has 0 saturated carbocycles. The van der Waals surface area contributed by atoms with Crippen molar-refractivity contribution >= 4 is 17.9 Å². The fraction of sp³-hybridized carbons (Fsp3) is 0.610. The van der Waals surface area contributed by atoms with E-state index in [-0.39, 0.29) is 31.1 Å². The summed E-state index contributed by atoms with van der Waals surface area (Å²) >= 11 is 0. The molecule has 0 spiro atoms. The number of hydrogen-bond donors (Lipinski definition) is 0. The minimum Gasteiger partial charge on any atom is -0.462 e. The Morgan fingerprint density at radius 2 is 0.677 bits per heavy atom. The predicted molar refractivity (Wildman–Crippen MR) is 279 cm³/mol. The van der Waals surface area contributed by atoms with Crippen molar-refractivity contribution in [2.75, 3.05) is 13.2 Å². The molecular formula is C59H94O6. The summed E-state index contributed by atoms with van der Waals surface area (Å²) in [5.74, 6) is -0.968. The first kappa shape index (κ1) is 60.8. The molecule has 0 aliphatic carbocycles. The first-order valence-electron chi connectivity index (χ1n) is 26.1. The minimum absolute atomic E-state index is 0.106. The second-order valence-corrected chi connectivity index (χ2v) is 16.8.